The molecular weight excluding hydrogens is 276 g/mol. The second kappa shape index (κ2) is 6.52. The fourth-order valence-electron chi connectivity index (χ4n) is 2.57. The minimum atomic E-state index is -0.265. The lowest BCUT2D eigenvalue weighted by atomic mass is 10.1. The van der Waals surface area contributed by atoms with Gasteiger partial charge in [-0.1, -0.05) is 42.5 Å². The lowest BCUT2D eigenvalue weighted by Gasteiger charge is -2.20. The molecule has 0 unspecified atom stereocenters. The molecule has 0 aromatic heterocycles. The van der Waals surface area contributed by atoms with Gasteiger partial charge in [0.15, 0.2) is 0 Å². The van der Waals surface area contributed by atoms with Crippen molar-refractivity contribution in [3.63, 3.8) is 0 Å². The molecule has 0 atom stereocenters. The largest absolute Gasteiger partial charge is 0.445 e. The molecule has 22 heavy (non-hydrogen) atoms. The van der Waals surface area contributed by atoms with Crippen molar-refractivity contribution in [2.24, 2.45) is 0 Å². The van der Waals surface area contributed by atoms with Crippen LogP contribution < -0.4 is 5.32 Å². The van der Waals surface area contributed by atoms with Gasteiger partial charge in [0.2, 0.25) is 0 Å². The van der Waals surface area contributed by atoms with E-state index in [0.717, 1.165) is 23.4 Å². The fourth-order valence-corrected chi connectivity index (χ4v) is 2.57. The molecule has 2 aromatic rings. The van der Waals surface area contributed by atoms with E-state index in [-0.39, 0.29) is 6.09 Å². The van der Waals surface area contributed by atoms with Crippen molar-refractivity contribution in [1.29, 1.82) is 0 Å². The van der Waals surface area contributed by atoms with Crippen LogP contribution in [-0.4, -0.2) is 24.1 Å². The maximum atomic E-state index is 12.3. The summed E-state index contributed by atoms with van der Waals surface area (Å²) in [5.74, 6) is 0. The first-order valence-electron chi connectivity index (χ1n) is 7.51. The van der Waals surface area contributed by atoms with Crippen LogP contribution in [0.1, 0.15) is 16.7 Å². The number of benzene rings is 2. The minimum Gasteiger partial charge on any atom is -0.445 e. The van der Waals surface area contributed by atoms with Gasteiger partial charge in [-0.3, -0.25) is 0 Å². The highest BCUT2D eigenvalue weighted by atomic mass is 16.6. The second-order valence-electron chi connectivity index (χ2n) is 5.55. The number of carbonyl (C=O) groups excluding carboxylic acids is 1. The summed E-state index contributed by atoms with van der Waals surface area (Å²) in [5.41, 5.74) is 4.45. The number of hydrogen-bond acceptors (Lipinski definition) is 3. The SMILES string of the molecule is Cc1ccc2c(c1)NCCN(C(=O)OCc1ccccc1)C2. The van der Waals surface area contributed by atoms with E-state index < -0.39 is 0 Å². The van der Waals surface area contributed by atoms with Gasteiger partial charge in [-0.25, -0.2) is 4.79 Å². The van der Waals surface area contributed by atoms with Crippen molar-refractivity contribution in [1.82, 2.24) is 4.90 Å². The second-order valence-corrected chi connectivity index (χ2v) is 5.55. The van der Waals surface area contributed by atoms with Crippen LogP contribution in [0.25, 0.3) is 0 Å². The molecule has 4 nitrogen and oxygen atoms in total. The number of anilines is 1. The van der Waals surface area contributed by atoms with Gasteiger partial charge < -0.3 is 15.0 Å². The highest BCUT2D eigenvalue weighted by Gasteiger charge is 2.19. The molecule has 0 saturated heterocycles. The van der Waals surface area contributed by atoms with Gasteiger partial charge >= 0.3 is 6.09 Å². The first-order valence-corrected chi connectivity index (χ1v) is 7.51. The van der Waals surface area contributed by atoms with Crippen molar-refractivity contribution >= 4 is 11.8 Å². The van der Waals surface area contributed by atoms with Gasteiger partial charge in [0.1, 0.15) is 6.61 Å². The Morgan fingerprint density at radius 2 is 2.05 bits per heavy atom. The summed E-state index contributed by atoms with van der Waals surface area (Å²) < 4.78 is 5.42. The zero-order valence-electron chi connectivity index (χ0n) is 12.7. The lowest BCUT2D eigenvalue weighted by molar-refractivity contribution is 0.0957. The first kappa shape index (κ1) is 14.4. The summed E-state index contributed by atoms with van der Waals surface area (Å²) in [6.45, 7) is 4.33. The molecule has 114 valence electrons. The summed E-state index contributed by atoms with van der Waals surface area (Å²) in [6.07, 6.45) is -0.265. The van der Waals surface area contributed by atoms with Crippen LogP contribution in [-0.2, 0) is 17.9 Å². The van der Waals surface area contributed by atoms with E-state index in [1.807, 2.05) is 30.3 Å². The highest BCUT2D eigenvalue weighted by Crippen LogP contribution is 2.22. The molecule has 0 bridgehead atoms. The Morgan fingerprint density at radius 3 is 2.86 bits per heavy atom. The Hall–Kier alpha value is -2.49. The summed E-state index contributed by atoms with van der Waals surface area (Å²) in [4.78, 5) is 14.0. The first-order chi connectivity index (χ1) is 10.7. The van der Waals surface area contributed by atoms with Crippen molar-refractivity contribution in [2.45, 2.75) is 20.1 Å². The van der Waals surface area contributed by atoms with Crippen LogP contribution in [0.2, 0.25) is 0 Å². The van der Waals surface area contributed by atoms with E-state index in [4.69, 9.17) is 4.74 Å². The monoisotopic (exact) mass is 296 g/mol. The number of carbonyl (C=O) groups is 1. The molecule has 1 heterocycles. The van der Waals surface area contributed by atoms with Crippen LogP contribution in [0.15, 0.2) is 48.5 Å². The number of aryl methyl sites for hydroxylation is 1. The van der Waals surface area contributed by atoms with E-state index in [2.05, 4.69) is 30.4 Å². The van der Waals surface area contributed by atoms with Crippen molar-refractivity contribution < 1.29 is 9.53 Å². The van der Waals surface area contributed by atoms with E-state index in [9.17, 15) is 4.79 Å². The molecule has 0 spiro atoms. The fraction of sp³-hybridized carbons (Fsp3) is 0.278. The Balaban J connectivity index is 1.64. The van der Waals surface area contributed by atoms with Crippen molar-refractivity contribution in [2.75, 3.05) is 18.4 Å². The van der Waals surface area contributed by atoms with Crippen LogP contribution in [0, 0.1) is 6.92 Å². The van der Waals surface area contributed by atoms with Crippen molar-refractivity contribution in [3.05, 3.63) is 65.2 Å². The predicted molar refractivity (Wildman–Crippen MR) is 86.7 cm³/mol. The zero-order chi connectivity index (χ0) is 15.4. The summed E-state index contributed by atoms with van der Waals surface area (Å²) >= 11 is 0. The van der Waals surface area contributed by atoms with Crippen LogP contribution in [0.3, 0.4) is 0 Å². The number of nitrogens with zero attached hydrogens (tertiary/aromatic N) is 1. The Labute approximate surface area is 130 Å². The number of fused-ring (bicyclic) bond motifs is 1. The summed E-state index contributed by atoms with van der Waals surface area (Å²) in [7, 11) is 0. The van der Waals surface area contributed by atoms with Gasteiger partial charge in [0.25, 0.3) is 0 Å². The number of hydrogen-bond donors (Lipinski definition) is 1. The Bertz CT molecular complexity index is 655. The Morgan fingerprint density at radius 1 is 1.23 bits per heavy atom. The molecule has 1 amide bonds. The van der Waals surface area contributed by atoms with Gasteiger partial charge in [-0.15, -0.1) is 0 Å². The van der Waals surface area contributed by atoms with Crippen LogP contribution >= 0.6 is 0 Å². The average Bonchev–Trinajstić information content (AvgIpc) is 2.75. The Kier molecular flexibility index (Phi) is 4.28. The minimum absolute atomic E-state index is 0.265. The molecule has 0 aliphatic carbocycles. The third kappa shape index (κ3) is 3.39. The number of ether oxygens (including phenoxy) is 1. The molecule has 0 fully saturated rings. The van der Waals surface area contributed by atoms with Gasteiger partial charge in [0.05, 0.1) is 6.54 Å². The molecule has 4 heteroatoms. The van der Waals surface area contributed by atoms with Crippen LogP contribution in [0.5, 0.6) is 0 Å². The van der Waals surface area contributed by atoms with E-state index in [1.54, 1.807) is 4.90 Å². The third-order valence-corrected chi connectivity index (χ3v) is 3.79. The normalized spacial score (nSPS) is 13.8. The van der Waals surface area contributed by atoms with Gasteiger partial charge in [0, 0.05) is 18.8 Å². The maximum absolute atomic E-state index is 12.3. The number of amides is 1. The van der Waals surface area contributed by atoms with Crippen molar-refractivity contribution in [3.8, 4) is 0 Å². The van der Waals surface area contributed by atoms with Gasteiger partial charge in [-0.05, 0) is 29.7 Å². The van der Waals surface area contributed by atoms with E-state index >= 15 is 0 Å². The maximum Gasteiger partial charge on any atom is 0.410 e. The molecule has 1 N–H and O–H groups in total. The van der Waals surface area contributed by atoms with Gasteiger partial charge in [-0.2, -0.15) is 0 Å². The molecule has 0 radical (unpaired) electrons. The highest BCUT2D eigenvalue weighted by molar-refractivity contribution is 5.69. The number of rotatable bonds is 2. The quantitative estimate of drug-likeness (QED) is 0.921. The molecule has 3 rings (SSSR count). The average molecular weight is 296 g/mol. The standard InChI is InChI=1S/C18H20N2O2/c1-14-7-8-16-12-20(10-9-19-17(16)11-14)18(21)22-13-15-5-3-2-4-6-15/h2-8,11,19H,9-10,12-13H2,1H3. The van der Waals surface area contributed by atoms with E-state index in [0.29, 0.717) is 19.7 Å². The molecule has 1 aliphatic heterocycles. The lowest BCUT2D eigenvalue weighted by Crippen LogP contribution is -2.33. The smallest absolute Gasteiger partial charge is 0.410 e. The predicted octanol–water partition coefficient (Wildman–Crippen LogP) is 3.56. The van der Waals surface area contributed by atoms with E-state index in [1.165, 1.54) is 5.56 Å². The zero-order valence-corrected chi connectivity index (χ0v) is 12.7. The number of nitrogens with one attached hydrogen (secondary N) is 1. The topological polar surface area (TPSA) is 41.6 Å². The summed E-state index contributed by atoms with van der Waals surface area (Å²) in [6, 6.07) is 16.0. The van der Waals surface area contributed by atoms with Crippen LogP contribution in [0.4, 0.5) is 10.5 Å². The molecular formula is C18H20N2O2. The molecule has 1 aliphatic rings. The molecule has 0 saturated carbocycles. The third-order valence-electron chi connectivity index (χ3n) is 3.79. The molecule has 2 aromatic carbocycles. The summed E-state index contributed by atoms with van der Waals surface area (Å²) in [5, 5.41) is 3.38.